The quantitative estimate of drug-likeness (QED) is 0.624. The van der Waals surface area contributed by atoms with Gasteiger partial charge in [0.05, 0.1) is 18.2 Å². The van der Waals surface area contributed by atoms with Crippen molar-refractivity contribution in [2.45, 2.75) is 18.8 Å². The lowest BCUT2D eigenvalue weighted by molar-refractivity contribution is 0.0757. The van der Waals surface area contributed by atoms with Crippen LogP contribution >= 0.6 is 11.5 Å². The first-order chi connectivity index (χ1) is 13.1. The third-order valence-corrected chi connectivity index (χ3v) is 5.40. The molecule has 27 heavy (non-hydrogen) atoms. The molecule has 4 rings (SSSR count). The monoisotopic (exact) mass is 379 g/mol. The van der Waals surface area contributed by atoms with Gasteiger partial charge in [-0.15, -0.1) is 0 Å². The Labute approximate surface area is 160 Å². The summed E-state index contributed by atoms with van der Waals surface area (Å²) in [6, 6.07) is 8.49. The minimum Gasteiger partial charge on any atom is -0.329 e. The molecule has 1 saturated carbocycles. The summed E-state index contributed by atoms with van der Waals surface area (Å²) >= 11 is 1.20. The lowest BCUT2D eigenvalue weighted by Gasteiger charge is -2.35. The van der Waals surface area contributed by atoms with E-state index in [1.54, 1.807) is 34.1 Å². The van der Waals surface area contributed by atoms with E-state index < -0.39 is 0 Å². The molecule has 1 aromatic carbocycles. The van der Waals surface area contributed by atoms with E-state index in [2.05, 4.69) is 9.36 Å². The van der Waals surface area contributed by atoms with Crippen molar-refractivity contribution in [2.24, 2.45) is 0 Å². The summed E-state index contributed by atoms with van der Waals surface area (Å²) < 4.78 is 4.32. The van der Waals surface area contributed by atoms with Crippen molar-refractivity contribution >= 4 is 29.1 Å². The number of nitrogens with zero attached hydrogens (tertiary/aromatic N) is 5. The number of nitrogens with one attached hydrogen (secondary N) is 2. The highest BCUT2D eigenvalue weighted by Gasteiger charge is 2.32. The van der Waals surface area contributed by atoms with Crippen molar-refractivity contribution in [3.63, 3.8) is 0 Å². The van der Waals surface area contributed by atoms with Crippen molar-refractivity contribution in [1.82, 2.24) is 19.2 Å². The highest BCUT2D eigenvalue weighted by molar-refractivity contribution is 7.07. The predicted octanol–water partition coefficient (Wildman–Crippen LogP) is 2.05. The molecule has 2 N–H and O–H groups in total. The third kappa shape index (κ3) is 3.44. The fourth-order valence-corrected chi connectivity index (χ4v) is 3.65. The number of piperazine rings is 1. The molecule has 0 bridgehead atoms. The van der Waals surface area contributed by atoms with Gasteiger partial charge in [-0.2, -0.15) is 9.64 Å². The highest BCUT2D eigenvalue weighted by atomic mass is 32.1. The standard InChI is InChI=1S/C18H17N7OS/c19-9-11-1-3-13(4-2-11)18(26)24-7-8-25(14(20)10-24)15(21)17-22-16(23-27-17)12-5-6-12/h1-4,12,20-21H,5-8,10H2. The van der Waals surface area contributed by atoms with Gasteiger partial charge in [0, 0.05) is 24.6 Å². The van der Waals surface area contributed by atoms with Crippen LogP contribution in [-0.4, -0.2) is 56.4 Å². The van der Waals surface area contributed by atoms with Crippen LogP contribution in [0.1, 0.15) is 45.5 Å². The zero-order chi connectivity index (χ0) is 19.0. The van der Waals surface area contributed by atoms with E-state index in [0.717, 1.165) is 18.7 Å². The molecule has 136 valence electrons. The first-order valence-corrected chi connectivity index (χ1v) is 9.41. The Morgan fingerprint density at radius 2 is 2.00 bits per heavy atom. The first kappa shape index (κ1) is 17.3. The van der Waals surface area contributed by atoms with Crippen LogP contribution in [0.3, 0.4) is 0 Å². The van der Waals surface area contributed by atoms with Gasteiger partial charge in [-0.25, -0.2) is 4.98 Å². The fraction of sp³-hybridized carbons (Fsp3) is 0.333. The van der Waals surface area contributed by atoms with Gasteiger partial charge < -0.3 is 9.80 Å². The van der Waals surface area contributed by atoms with E-state index in [-0.39, 0.29) is 24.1 Å². The van der Waals surface area contributed by atoms with Crippen molar-refractivity contribution in [3.05, 3.63) is 46.2 Å². The van der Waals surface area contributed by atoms with Gasteiger partial charge in [0.15, 0.2) is 10.8 Å². The lowest BCUT2D eigenvalue weighted by atomic mass is 10.1. The summed E-state index contributed by atoms with van der Waals surface area (Å²) in [7, 11) is 0. The Morgan fingerprint density at radius 3 is 2.63 bits per heavy atom. The van der Waals surface area contributed by atoms with Gasteiger partial charge in [-0.1, -0.05) is 0 Å². The number of hydrogen-bond acceptors (Lipinski definition) is 7. The molecule has 0 spiro atoms. The van der Waals surface area contributed by atoms with Crippen LogP contribution in [-0.2, 0) is 0 Å². The molecule has 0 atom stereocenters. The number of amides is 1. The Morgan fingerprint density at radius 1 is 1.26 bits per heavy atom. The van der Waals surface area contributed by atoms with Gasteiger partial charge in [0.2, 0.25) is 0 Å². The fourth-order valence-electron chi connectivity index (χ4n) is 2.94. The molecule has 1 aliphatic heterocycles. The van der Waals surface area contributed by atoms with E-state index in [0.29, 0.717) is 35.1 Å². The number of hydrogen-bond donors (Lipinski definition) is 2. The number of amidine groups is 2. The zero-order valence-corrected chi connectivity index (χ0v) is 15.3. The van der Waals surface area contributed by atoms with Crippen molar-refractivity contribution < 1.29 is 4.79 Å². The second-order valence-corrected chi connectivity index (χ2v) is 7.35. The maximum Gasteiger partial charge on any atom is 0.254 e. The molecule has 8 nitrogen and oxygen atoms in total. The average Bonchev–Trinajstić information content (AvgIpc) is 3.43. The van der Waals surface area contributed by atoms with Crippen LogP contribution < -0.4 is 0 Å². The number of aromatic nitrogens is 2. The Balaban J connectivity index is 1.42. The molecule has 0 radical (unpaired) electrons. The van der Waals surface area contributed by atoms with Crippen molar-refractivity contribution in [3.8, 4) is 6.07 Å². The molecule has 2 fully saturated rings. The molecule has 9 heteroatoms. The van der Waals surface area contributed by atoms with Gasteiger partial charge in [0.1, 0.15) is 11.7 Å². The number of benzene rings is 1. The minimum absolute atomic E-state index is 0.134. The SMILES string of the molecule is N#Cc1ccc(C(=O)N2CCN(C(=N)c3nc(C4CC4)ns3)C(=N)C2)cc1. The molecule has 1 aromatic heterocycles. The Bertz CT molecular complexity index is 955. The van der Waals surface area contributed by atoms with Crippen molar-refractivity contribution in [2.75, 3.05) is 19.6 Å². The minimum atomic E-state index is -0.178. The van der Waals surface area contributed by atoms with E-state index >= 15 is 0 Å². The van der Waals surface area contributed by atoms with Crippen LogP contribution in [0.5, 0.6) is 0 Å². The largest absolute Gasteiger partial charge is 0.329 e. The molecule has 1 amide bonds. The Kier molecular flexibility index (Phi) is 4.41. The second kappa shape index (κ2) is 6.89. The highest BCUT2D eigenvalue weighted by Crippen LogP contribution is 2.38. The van der Waals surface area contributed by atoms with E-state index in [9.17, 15) is 4.79 Å². The maximum atomic E-state index is 12.6. The molecule has 2 aliphatic rings. The number of nitriles is 1. The molecule has 2 aromatic rings. The molecular formula is C18H17N7OS. The maximum absolute atomic E-state index is 12.6. The van der Waals surface area contributed by atoms with Crippen LogP contribution in [0.4, 0.5) is 0 Å². The summed E-state index contributed by atoms with van der Waals surface area (Å²) in [5.74, 6) is 1.43. The molecular weight excluding hydrogens is 362 g/mol. The van der Waals surface area contributed by atoms with Gasteiger partial charge in [-0.05, 0) is 48.6 Å². The van der Waals surface area contributed by atoms with E-state index in [1.165, 1.54) is 11.5 Å². The van der Waals surface area contributed by atoms with Crippen LogP contribution in [0, 0.1) is 22.1 Å². The molecule has 0 unspecified atom stereocenters. The van der Waals surface area contributed by atoms with Crippen molar-refractivity contribution in [1.29, 1.82) is 16.1 Å². The second-order valence-electron chi connectivity index (χ2n) is 6.59. The van der Waals surface area contributed by atoms with Gasteiger partial charge in [0.25, 0.3) is 5.91 Å². The molecule has 1 aliphatic carbocycles. The topological polar surface area (TPSA) is 121 Å². The van der Waals surface area contributed by atoms with Gasteiger partial charge in [-0.3, -0.25) is 15.6 Å². The molecule has 1 saturated heterocycles. The predicted molar refractivity (Wildman–Crippen MR) is 100 cm³/mol. The van der Waals surface area contributed by atoms with Gasteiger partial charge >= 0.3 is 0 Å². The lowest BCUT2D eigenvalue weighted by Crippen LogP contribution is -2.53. The summed E-state index contributed by atoms with van der Waals surface area (Å²) in [6.45, 7) is 0.922. The zero-order valence-electron chi connectivity index (χ0n) is 14.5. The summed E-state index contributed by atoms with van der Waals surface area (Å²) in [5, 5.41) is 26.0. The van der Waals surface area contributed by atoms with Crippen LogP contribution in [0.25, 0.3) is 0 Å². The van der Waals surface area contributed by atoms with Crippen LogP contribution in [0.15, 0.2) is 24.3 Å². The summed E-state index contributed by atoms with van der Waals surface area (Å²) in [4.78, 5) is 20.2. The Hall–Kier alpha value is -3.12. The smallest absolute Gasteiger partial charge is 0.254 e. The number of rotatable bonds is 3. The van der Waals surface area contributed by atoms with E-state index in [1.807, 2.05) is 6.07 Å². The first-order valence-electron chi connectivity index (χ1n) is 8.63. The summed E-state index contributed by atoms with van der Waals surface area (Å²) in [6.07, 6.45) is 2.21. The van der Waals surface area contributed by atoms with Crippen LogP contribution in [0.2, 0.25) is 0 Å². The van der Waals surface area contributed by atoms with E-state index in [4.69, 9.17) is 16.1 Å². The number of carbonyl (C=O) groups is 1. The normalized spacial score (nSPS) is 16.9. The summed E-state index contributed by atoms with van der Waals surface area (Å²) in [5.41, 5.74) is 0.990. The average molecular weight is 379 g/mol. The molecule has 2 heterocycles. The third-order valence-electron chi connectivity index (χ3n) is 4.66. The number of carbonyl (C=O) groups excluding carboxylic acids is 1.